The van der Waals surface area contributed by atoms with E-state index in [1.54, 1.807) is 26.0 Å². The van der Waals surface area contributed by atoms with Crippen LogP contribution in [0.5, 0.6) is 5.75 Å². The summed E-state index contributed by atoms with van der Waals surface area (Å²) >= 11 is 0. The van der Waals surface area contributed by atoms with Gasteiger partial charge in [-0.25, -0.2) is 9.59 Å². The van der Waals surface area contributed by atoms with Crippen molar-refractivity contribution in [1.29, 1.82) is 0 Å². The Kier molecular flexibility index (Phi) is 5.62. The quantitative estimate of drug-likeness (QED) is 0.641. The number of nitrogens with zero attached hydrogens (tertiary/aromatic N) is 2. The van der Waals surface area contributed by atoms with Gasteiger partial charge in [-0.15, -0.1) is 0 Å². The predicted molar refractivity (Wildman–Crippen MR) is 118 cm³/mol. The molecule has 8 nitrogen and oxygen atoms in total. The van der Waals surface area contributed by atoms with Crippen LogP contribution < -0.4 is 26.6 Å². The molecular weight excluding hydrogens is 396 g/mol. The zero-order valence-electron chi connectivity index (χ0n) is 17.4. The van der Waals surface area contributed by atoms with Crippen LogP contribution >= 0.6 is 0 Å². The Bertz CT molecular complexity index is 1210. The van der Waals surface area contributed by atoms with Crippen LogP contribution in [0.2, 0.25) is 0 Å². The Hall–Kier alpha value is -3.81. The van der Waals surface area contributed by atoms with E-state index < -0.39 is 23.3 Å². The van der Waals surface area contributed by atoms with Crippen LogP contribution in [0.4, 0.5) is 10.6 Å². The molecule has 2 heterocycles. The Morgan fingerprint density at radius 2 is 1.58 bits per heavy atom. The number of carbonyl (C=O) groups is 1. The number of carbonyl (C=O) groups excluding carboxylic acids is 1. The number of aromatic nitrogens is 2. The molecule has 1 aliphatic rings. The average molecular weight is 420 g/mol. The number of hydrogen-bond acceptors (Lipinski definition) is 4. The third kappa shape index (κ3) is 3.84. The Morgan fingerprint density at radius 1 is 0.903 bits per heavy atom. The summed E-state index contributed by atoms with van der Waals surface area (Å²) in [6.07, 6.45) is 0. The molecular formula is C23H24N4O4. The van der Waals surface area contributed by atoms with Crippen molar-refractivity contribution < 1.29 is 9.53 Å². The molecule has 0 saturated carbocycles. The third-order valence-electron chi connectivity index (χ3n) is 5.35. The van der Waals surface area contributed by atoms with Crippen LogP contribution in [0, 0.1) is 0 Å². The number of urea groups is 1. The second-order valence-electron chi connectivity index (χ2n) is 7.21. The number of fused-ring (bicyclic) bond motifs is 1. The van der Waals surface area contributed by atoms with Gasteiger partial charge in [0.15, 0.2) is 0 Å². The van der Waals surface area contributed by atoms with Gasteiger partial charge >= 0.3 is 11.7 Å². The van der Waals surface area contributed by atoms with Gasteiger partial charge in [-0.05, 0) is 37.1 Å². The van der Waals surface area contributed by atoms with E-state index in [2.05, 4.69) is 10.6 Å². The van der Waals surface area contributed by atoms with Crippen molar-refractivity contribution >= 4 is 11.8 Å². The maximum Gasteiger partial charge on any atom is 0.332 e. The van der Waals surface area contributed by atoms with Crippen molar-refractivity contribution in [1.82, 2.24) is 14.5 Å². The first kappa shape index (κ1) is 20.5. The number of anilines is 1. The zero-order chi connectivity index (χ0) is 22.0. The number of hydrogen-bond donors (Lipinski definition) is 2. The number of amides is 2. The molecule has 160 valence electrons. The number of nitrogens with one attached hydrogen (secondary N) is 2. The number of ether oxygens (including phenoxy) is 1. The van der Waals surface area contributed by atoms with Gasteiger partial charge in [0.05, 0.1) is 11.6 Å². The van der Waals surface area contributed by atoms with Crippen LogP contribution in [-0.4, -0.2) is 15.2 Å². The number of benzene rings is 2. The van der Waals surface area contributed by atoms with Crippen molar-refractivity contribution in [3.63, 3.8) is 0 Å². The van der Waals surface area contributed by atoms with Gasteiger partial charge in [0.1, 0.15) is 18.2 Å². The summed E-state index contributed by atoms with van der Waals surface area (Å²) in [7, 11) is 0. The molecule has 0 saturated heterocycles. The summed E-state index contributed by atoms with van der Waals surface area (Å²) < 4.78 is 8.43. The maximum atomic E-state index is 13.1. The highest BCUT2D eigenvalue weighted by Gasteiger charge is 2.32. The fourth-order valence-electron chi connectivity index (χ4n) is 3.78. The van der Waals surface area contributed by atoms with Gasteiger partial charge in [-0.2, -0.15) is 0 Å². The predicted octanol–water partition coefficient (Wildman–Crippen LogP) is 2.85. The summed E-state index contributed by atoms with van der Waals surface area (Å²) in [6, 6.07) is 16.0. The summed E-state index contributed by atoms with van der Waals surface area (Å²) in [5.74, 6) is 0.929. The van der Waals surface area contributed by atoms with E-state index in [1.165, 1.54) is 9.13 Å². The minimum Gasteiger partial charge on any atom is -0.489 e. The van der Waals surface area contributed by atoms with E-state index in [1.807, 2.05) is 42.5 Å². The Labute approximate surface area is 179 Å². The lowest BCUT2D eigenvalue weighted by Crippen LogP contribution is -2.50. The molecule has 1 aliphatic heterocycles. The molecule has 2 N–H and O–H groups in total. The lowest BCUT2D eigenvalue weighted by Gasteiger charge is -2.29. The van der Waals surface area contributed by atoms with Gasteiger partial charge < -0.3 is 10.1 Å². The van der Waals surface area contributed by atoms with E-state index in [9.17, 15) is 14.4 Å². The van der Waals surface area contributed by atoms with Crippen molar-refractivity contribution in [2.45, 2.75) is 39.6 Å². The molecule has 1 aromatic heterocycles. The minimum atomic E-state index is -0.671. The maximum absolute atomic E-state index is 13.1. The summed E-state index contributed by atoms with van der Waals surface area (Å²) in [4.78, 5) is 38.0. The Morgan fingerprint density at radius 3 is 2.23 bits per heavy atom. The molecule has 0 spiro atoms. The van der Waals surface area contributed by atoms with Crippen LogP contribution in [0.15, 0.2) is 64.2 Å². The van der Waals surface area contributed by atoms with E-state index in [4.69, 9.17) is 4.74 Å². The fourth-order valence-corrected chi connectivity index (χ4v) is 3.78. The number of rotatable bonds is 6. The normalized spacial score (nSPS) is 15.0. The summed E-state index contributed by atoms with van der Waals surface area (Å²) in [6.45, 7) is 4.57. The van der Waals surface area contributed by atoms with Crippen molar-refractivity contribution in [3.05, 3.63) is 92.1 Å². The highest BCUT2D eigenvalue weighted by atomic mass is 16.5. The second-order valence-corrected chi connectivity index (χ2v) is 7.21. The second kappa shape index (κ2) is 8.51. The lowest BCUT2D eigenvalue weighted by molar-refractivity contribution is 0.248. The van der Waals surface area contributed by atoms with Gasteiger partial charge in [-0.3, -0.25) is 19.2 Å². The zero-order valence-corrected chi connectivity index (χ0v) is 17.4. The first-order valence-electron chi connectivity index (χ1n) is 10.2. The van der Waals surface area contributed by atoms with Crippen LogP contribution in [-0.2, 0) is 19.7 Å². The van der Waals surface area contributed by atoms with Gasteiger partial charge in [0.25, 0.3) is 5.56 Å². The molecule has 0 bridgehead atoms. The molecule has 1 atom stereocenters. The molecule has 2 amide bonds. The molecule has 0 radical (unpaired) electrons. The topological polar surface area (TPSA) is 94.4 Å². The van der Waals surface area contributed by atoms with E-state index in [-0.39, 0.29) is 12.4 Å². The first-order valence-corrected chi connectivity index (χ1v) is 10.2. The molecule has 0 aliphatic carbocycles. The SMILES string of the molecule is CCn1c2c(c(=O)n(CC)c1=O)C(c1ccc(OCc3ccccc3)cc1)NC(=O)N2. The van der Waals surface area contributed by atoms with Crippen LogP contribution in [0.25, 0.3) is 0 Å². The molecule has 8 heteroatoms. The van der Waals surface area contributed by atoms with Gasteiger partial charge in [0, 0.05) is 13.1 Å². The van der Waals surface area contributed by atoms with Crippen molar-refractivity contribution in [3.8, 4) is 5.75 Å². The molecule has 1 unspecified atom stereocenters. The van der Waals surface area contributed by atoms with E-state index in [0.717, 1.165) is 11.1 Å². The Balaban J connectivity index is 1.69. The largest absolute Gasteiger partial charge is 0.489 e. The lowest BCUT2D eigenvalue weighted by atomic mass is 9.98. The fraction of sp³-hybridized carbons (Fsp3) is 0.261. The summed E-state index contributed by atoms with van der Waals surface area (Å²) in [5, 5.41) is 5.45. The third-order valence-corrected chi connectivity index (χ3v) is 5.35. The van der Waals surface area contributed by atoms with Crippen LogP contribution in [0.1, 0.15) is 36.6 Å². The van der Waals surface area contributed by atoms with Crippen molar-refractivity contribution in [2.24, 2.45) is 0 Å². The van der Waals surface area contributed by atoms with Gasteiger partial charge in [-0.1, -0.05) is 42.5 Å². The first-order chi connectivity index (χ1) is 15.0. The molecule has 4 rings (SSSR count). The molecule has 0 fully saturated rings. The van der Waals surface area contributed by atoms with Crippen LogP contribution in [0.3, 0.4) is 0 Å². The highest BCUT2D eigenvalue weighted by Crippen LogP contribution is 2.29. The average Bonchev–Trinajstić information content (AvgIpc) is 2.79. The van der Waals surface area contributed by atoms with E-state index in [0.29, 0.717) is 24.5 Å². The highest BCUT2D eigenvalue weighted by molar-refractivity contribution is 5.92. The monoisotopic (exact) mass is 420 g/mol. The molecule has 2 aromatic carbocycles. The summed E-state index contributed by atoms with van der Waals surface area (Å²) in [5.41, 5.74) is 1.29. The van der Waals surface area contributed by atoms with Gasteiger partial charge in [0.2, 0.25) is 0 Å². The standard InChI is InChI=1S/C23H24N4O4/c1-3-26-20-18(21(28)27(4-2)23(26)30)19(24-22(29)25-20)16-10-12-17(13-11-16)31-14-15-8-6-5-7-9-15/h5-13,19H,3-4,14H2,1-2H3,(H2,24,25,29). The van der Waals surface area contributed by atoms with Crippen molar-refractivity contribution in [2.75, 3.05) is 5.32 Å². The molecule has 31 heavy (non-hydrogen) atoms. The molecule has 3 aromatic rings. The minimum absolute atomic E-state index is 0.248. The smallest absolute Gasteiger partial charge is 0.332 e. The van der Waals surface area contributed by atoms with E-state index >= 15 is 0 Å².